The van der Waals surface area contributed by atoms with Gasteiger partial charge in [-0.05, 0) is 50.1 Å². The number of hydrogen-bond acceptors (Lipinski definition) is 2. The van der Waals surface area contributed by atoms with Gasteiger partial charge >= 0.3 is 0 Å². The van der Waals surface area contributed by atoms with E-state index in [1.54, 1.807) is 12.1 Å². The first-order valence-corrected chi connectivity index (χ1v) is 7.89. The number of benzene rings is 1. The Balaban J connectivity index is 2.95. The SMILES string of the molecule is CCCCN(c1cc(F)cc(CNCC)c1)C(C)CC. The molecule has 1 atom stereocenters. The average molecular weight is 280 g/mol. The minimum absolute atomic E-state index is 0.139. The van der Waals surface area contributed by atoms with Gasteiger partial charge in [-0.15, -0.1) is 0 Å². The topological polar surface area (TPSA) is 15.3 Å². The second-order valence-corrected chi connectivity index (χ2v) is 5.40. The summed E-state index contributed by atoms with van der Waals surface area (Å²) < 4.78 is 13.9. The lowest BCUT2D eigenvalue weighted by Crippen LogP contribution is -2.33. The van der Waals surface area contributed by atoms with Crippen molar-refractivity contribution in [3.05, 3.63) is 29.6 Å². The van der Waals surface area contributed by atoms with Crippen LogP contribution in [-0.2, 0) is 6.54 Å². The normalized spacial score (nSPS) is 12.4. The van der Waals surface area contributed by atoms with Crippen LogP contribution in [0.3, 0.4) is 0 Å². The minimum Gasteiger partial charge on any atom is -0.369 e. The molecule has 0 spiro atoms. The van der Waals surface area contributed by atoms with Gasteiger partial charge in [0.15, 0.2) is 0 Å². The highest BCUT2D eigenvalue weighted by Crippen LogP contribution is 2.22. The molecule has 0 aromatic heterocycles. The van der Waals surface area contributed by atoms with E-state index in [4.69, 9.17) is 0 Å². The molecular formula is C17H29FN2. The lowest BCUT2D eigenvalue weighted by atomic mass is 10.1. The molecule has 1 unspecified atom stereocenters. The maximum Gasteiger partial charge on any atom is 0.125 e. The maximum atomic E-state index is 13.9. The zero-order chi connectivity index (χ0) is 15.0. The first-order chi connectivity index (χ1) is 9.62. The number of unbranched alkanes of at least 4 members (excludes halogenated alkanes) is 1. The summed E-state index contributed by atoms with van der Waals surface area (Å²) in [5, 5.41) is 3.26. The van der Waals surface area contributed by atoms with Crippen molar-refractivity contribution in [3.8, 4) is 0 Å². The van der Waals surface area contributed by atoms with Crippen LogP contribution in [0.25, 0.3) is 0 Å². The Morgan fingerprint density at radius 2 is 1.95 bits per heavy atom. The van der Waals surface area contributed by atoms with Crippen LogP contribution in [0.5, 0.6) is 0 Å². The first kappa shape index (κ1) is 17.0. The Morgan fingerprint density at radius 3 is 2.55 bits per heavy atom. The van der Waals surface area contributed by atoms with Gasteiger partial charge in [-0.1, -0.05) is 27.2 Å². The Bertz CT molecular complexity index is 393. The molecule has 1 rings (SSSR count). The monoisotopic (exact) mass is 280 g/mol. The average Bonchev–Trinajstić information content (AvgIpc) is 2.44. The zero-order valence-electron chi connectivity index (χ0n) is 13.4. The van der Waals surface area contributed by atoms with Crippen molar-refractivity contribution in [2.24, 2.45) is 0 Å². The summed E-state index contributed by atoms with van der Waals surface area (Å²) in [6, 6.07) is 5.85. The van der Waals surface area contributed by atoms with Crippen LogP contribution in [0.15, 0.2) is 18.2 Å². The number of nitrogens with one attached hydrogen (secondary N) is 1. The van der Waals surface area contributed by atoms with E-state index in [1.807, 2.05) is 0 Å². The Morgan fingerprint density at radius 1 is 1.20 bits per heavy atom. The molecular weight excluding hydrogens is 251 g/mol. The van der Waals surface area contributed by atoms with Crippen LogP contribution in [0.4, 0.5) is 10.1 Å². The zero-order valence-corrected chi connectivity index (χ0v) is 13.4. The fraction of sp³-hybridized carbons (Fsp3) is 0.647. The van der Waals surface area contributed by atoms with Crippen molar-refractivity contribution < 1.29 is 4.39 Å². The van der Waals surface area contributed by atoms with E-state index < -0.39 is 0 Å². The number of rotatable bonds is 9. The maximum absolute atomic E-state index is 13.9. The molecule has 0 aliphatic heterocycles. The fourth-order valence-electron chi connectivity index (χ4n) is 2.32. The predicted molar refractivity (Wildman–Crippen MR) is 85.8 cm³/mol. The summed E-state index contributed by atoms with van der Waals surface area (Å²) in [7, 11) is 0. The van der Waals surface area contributed by atoms with E-state index in [2.05, 4.69) is 44.0 Å². The van der Waals surface area contributed by atoms with Gasteiger partial charge in [0.25, 0.3) is 0 Å². The highest BCUT2D eigenvalue weighted by atomic mass is 19.1. The van der Waals surface area contributed by atoms with Gasteiger partial charge in [0.2, 0.25) is 0 Å². The van der Waals surface area contributed by atoms with Crippen molar-refractivity contribution in [2.45, 2.75) is 59.5 Å². The summed E-state index contributed by atoms with van der Waals surface area (Å²) >= 11 is 0. The summed E-state index contributed by atoms with van der Waals surface area (Å²) in [6.07, 6.45) is 3.37. The van der Waals surface area contributed by atoms with Gasteiger partial charge < -0.3 is 10.2 Å². The van der Waals surface area contributed by atoms with E-state index in [1.165, 1.54) is 0 Å². The van der Waals surface area contributed by atoms with Crippen LogP contribution in [0.1, 0.15) is 52.5 Å². The molecule has 1 N–H and O–H groups in total. The van der Waals surface area contributed by atoms with E-state index in [0.29, 0.717) is 6.04 Å². The molecule has 0 saturated heterocycles. The highest BCUT2D eigenvalue weighted by molar-refractivity contribution is 5.50. The van der Waals surface area contributed by atoms with E-state index >= 15 is 0 Å². The summed E-state index contributed by atoms with van der Waals surface area (Å²) in [6.45, 7) is 11.3. The molecule has 0 aliphatic carbocycles. The van der Waals surface area contributed by atoms with Crippen LogP contribution >= 0.6 is 0 Å². The number of anilines is 1. The molecule has 114 valence electrons. The molecule has 0 radical (unpaired) electrons. The van der Waals surface area contributed by atoms with Crippen LogP contribution in [-0.4, -0.2) is 19.1 Å². The standard InChI is InChI=1S/C17H29FN2/c1-5-8-9-20(14(4)6-2)17-11-15(13-19-7-3)10-16(18)12-17/h10-12,14,19H,5-9,13H2,1-4H3. The smallest absolute Gasteiger partial charge is 0.125 e. The molecule has 1 aromatic carbocycles. The highest BCUT2D eigenvalue weighted by Gasteiger charge is 2.14. The third kappa shape index (κ3) is 5.12. The summed E-state index contributed by atoms with van der Waals surface area (Å²) in [5.74, 6) is -0.139. The summed E-state index contributed by atoms with van der Waals surface area (Å²) in [4.78, 5) is 2.34. The van der Waals surface area contributed by atoms with Gasteiger partial charge in [0, 0.05) is 24.8 Å². The minimum atomic E-state index is -0.139. The number of hydrogen-bond donors (Lipinski definition) is 1. The van der Waals surface area contributed by atoms with Gasteiger partial charge in [0.05, 0.1) is 0 Å². The first-order valence-electron chi connectivity index (χ1n) is 7.89. The molecule has 0 saturated carbocycles. The predicted octanol–water partition coefficient (Wildman–Crippen LogP) is 4.34. The Kier molecular flexibility index (Phi) is 7.60. The second kappa shape index (κ2) is 8.96. The molecule has 0 aliphatic rings. The van der Waals surface area contributed by atoms with Crippen molar-refractivity contribution in [2.75, 3.05) is 18.0 Å². The van der Waals surface area contributed by atoms with Crippen LogP contribution in [0.2, 0.25) is 0 Å². The van der Waals surface area contributed by atoms with Crippen LogP contribution < -0.4 is 10.2 Å². The van der Waals surface area contributed by atoms with Gasteiger partial charge in [0.1, 0.15) is 5.82 Å². The molecule has 3 heteroatoms. The molecule has 2 nitrogen and oxygen atoms in total. The van der Waals surface area contributed by atoms with Crippen molar-refractivity contribution in [3.63, 3.8) is 0 Å². The molecule has 0 amide bonds. The van der Waals surface area contributed by atoms with Crippen LogP contribution in [0, 0.1) is 5.82 Å². The van der Waals surface area contributed by atoms with Gasteiger partial charge in [-0.25, -0.2) is 4.39 Å². The molecule has 1 aromatic rings. The Labute approximate surface area is 123 Å². The Hall–Kier alpha value is -1.09. The fourth-order valence-corrected chi connectivity index (χ4v) is 2.32. The molecule has 20 heavy (non-hydrogen) atoms. The van der Waals surface area contributed by atoms with Crippen molar-refractivity contribution >= 4 is 5.69 Å². The van der Waals surface area contributed by atoms with E-state index in [9.17, 15) is 4.39 Å². The number of halogens is 1. The third-order valence-corrected chi connectivity index (χ3v) is 3.73. The van der Waals surface area contributed by atoms with E-state index in [-0.39, 0.29) is 5.82 Å². The second-order valence-electron chi connectivity index (χ2n) is 5.40. The van der Waals surface area contributed by atoms with Gasteiger partial charge in [-0.2, -0.15) is 0 Å². The molecule has 0 bridgehead atoms. The lowest BCUT2D eigenvalue weighted by Gasteiger charge is -2.31. The van der Waals surface area contributed by atoms with Gasteiger partial charge in [-0.3, -0.25) is 0 Å². The number of nitrogens with zero attached hydrogens (tertiary/aromatic N) is 1. The molecule has 0 heterocycles. The van der Waals surface area contributed by atoms with Crippen molar-refractivity contribution in [1.29, 1.82) is 0 Å². The quantitative estimate of drug-likeness (QED) is 0.724. The lowest BCUT2D eigenvalue weighted by molar-refractivity contribution is 0.586. The third-order valence-electron chi connectivity index (χ3n) is 3.73. The largest absolute Gasteiger partial charge is 0.369 e. The molecule has 0 fully saturated rings. The summed E-state index contributed by atoms with van der Waals surface area (Å²) in [5.41, 5.74) is 2.03. The van der Waals surface area contributed by atoms with Crippen molar-refractivity contribution in [1.82, 2.24) is 5.32 Å². The van der Waals surface area contributed by atoms with E-state index in [0.717, 1.165) is 50.1 Å².